The zero-order valence-electron chi connectivity index (χ0n) is 11.5. The van der Waals surface area contributed by atoms with E-state index in [9.17, 15) is 10.2 Å². The van der Waals surface area contributed by atoms with E-state index < -0.39 is 5.60 Å². The van der Waals surface area contributed by atoms with Gasteiger partial charge in [-0.25, -0.2) is 0 Å². The molecule has 1 fully saturated rings. The zero-order chi connectivity index (χ0) is 12.8. The molecule has 2 aliphatic rings. The van der Waals surface area contributed by atoms with E-state index in [1.807, 2.05) is 13.8 Å². The van der Waals surface area contributed by atoms with Crippen LogP contribution in [0.4, 0.5) is 0 Å². The van der Waals surface area contributed by atoms with Crippen LogP contribution in [0.15, 0.2) is 11.6 Å². The van der Waals surface area contributed by atoms with Crippen LogP contribution in [0.2, 0.25) is 0 Å². The second-order valence-corrected chi connectivity index (χ2v) is 6.65. The second-order valence-electron chi connectivity index (χ2n) is 6.65. The molecule has 0 saturated heterocycles. The van der Waals surface area contributed by atoms with Crippen molar-refractivity contribution >= 4 is 0 Å². The highest BCUT2D eigenvalue weighted by Gasteiger charge is 2.47. The third-order valence-corrected chi connectivity index (χ3v) is 5.06. The first kappa shape index (κ1) is 13.1. The Balaban J connectivity index is 2.32. The Morgan fingerprint density at radius 2 is 2.06 bits per heavy atom. The molecule has 2 nitrogen and oxygen atoms in total. The maximum atomic E-state index is 10.5. The van der Waals surface area contributed by atoms with Crippen molar-refractivity contribution in [3.8, 4) is 0 Å². The van der Waals surface area contributed by atoms with Crippen molar-refractivity contribution in [2.75, 3.05) is 0 Å². The molecular weight excluding hydrogens is 212 g/mol. The summed E-state index contributed by atoms with van der Waals surface area (Å²) < 4.78 is 0. The fourth-order valence-corrected chi connectivity index (χ4v) is 3.82. The number of rotatable bonds is 1. The predicted octanol–water partition coefficient (Wildman–Crippen LogP) is 2.75. The highest BCUT2D eigenvalue weighted by atomic mass is 16.3. The van der Waals surface area contributed by atoms with Gasteiger partial charge < -0.3 is 10.2 Å². The molecule has 0 unspecified atom stereocenters. The molecule has 2 N–H and O–H groups in total. The summed E-state index contributed by atoms with van der Waals surface area (Å²) in [5.41, 5.74) is 0.489. The van der Waals surface area contributed by atoms with Gasteiger partial charge in [0.15, 0.2) is 0 Å². The summed E-state index contributed by atoms with van der Waals surface area (Å²) in [7, 11) is 0. The van der Waals surface area contributed by atoms with Crippen LogP contribution in [-0.4, -0.2) is 21.9 Å². The van der Waals surface area contributed by atoms with Crippen molar-refractivity contribution in [1.82, 2.24) is 0 Å². The average molecular weight is 238 g/mol. The standard InChI is InChI=1S/C15H26O2/c1-9(2)11-5-6-15(4,17)13-8-14(16)10(3)7-12(11)13/h7,9,11-14,16-17H,5-6,8H2,1-4H3/t11-,12-,13+,14-,15+/m0/s1. The normalized spacial score (nSPS) is 46.6. The van der Waals surface area contributed by atoms with Gasteiger partial charge in [0.25, 0.3) is 0 Å². The molecule has 0 radical (unpaired) electrons. The third-order valence-electron chi connectivity index (χ3n) is 5.06. The monoisotopic (exact) mass is 238 g/mol. The quantitative estimate of drug-likeness (QED) is 0.690. The first-order valence-electron chi connectivity index (χ1n) is 6.91. The van der Waals surface area contributed by atoms with Crippen LogP contribution in [0.5, 0.6) is 0 Å². The molecular formula is C15H26O2. The Morgan fingerprint density at radius 3 is 2.65 bits per heavy atom. The fourth-order valence-electron chi connectivity index (χ4n) is 3.82. The molecule has 5 atom stereocenters. The summed E-state index contributed by atoms with van der Waals surface area (Å²) in [6.45, 7) is 8.51. The van der Waals surface area contributed by atoms with E-state index in [0.29, 0.717) is 17.8 Å². The molecule has 0 bridgehead atoms. The van der Waals surface area contributed by atoms with E-state index in [2.05, 4.69) is 19.9 Å². The van der Waals surface area contributed by atoms with Crippen LogP contribution in [0.25, 0.3) is 0 Å². The van der Waals surface area contributed by atoms with Crippen molar-refractivity contribution in [3.05, 3.63) is 11.6 Å². The van der Waals surface area contributed by atoms with Gasteiger partial charge in [-0.2, -0.15) is 0 Å². The van der Waals surface area contributed by atoms with E-state index in [1.165, 1.54) is 0 Å². The predicted molar refractivity (Wildman–Crippen MR) is 69.5 cm³/mol. The van der Waals surface area contributed by atoms with Gasteiger partial charge in [-0.05, 0) is 62.4 Å². The van der Waals surface area contributed by atoms with Gasteiger partial charge in [-0.3, -0.25) is 0 Å². The van der Waals surface area contributed by atoms with Gasteiger partial charge in [0.2, 0.25) is 0 Å². The molecule has 0 heterocycles. The average Bonchev–Trinajstić information content (AvgIpc) is 2.20. The topological polar surface area (TPSA) is 40.5 Å². The lowest BCUT2D eigenvalue weighted by Gasteiger charge is -2.50. The summed E-state index contributed by atoms with van der Waals surface area (Å²) in [6, 6.07) is 0. The third kappa shape index (κ3) is 2.30. The minimum Gasteiger partial charge on any atom is -0.390 e. The lowest BCUT2D eigenvalue weighted by molar-refractivity contribution is -0.0927. The maximum absolute atomic E-state index is 10.5. The number of fused-ring (bicyclic) bond motifs is 1. The summed E-state index contributed by atoms with van der Waals surface area (Å²) in [5.74, 6) is 1.98. The van der Waals surface area contributed by atoms with Gasteiger partial charge in [0.05, 0.1) is 11.7 Å². The first-order chi connectivity index (χ1) is 7.83. The summed E-state index contributed by atoms with van der Waals surface area (Å²) in [4.78, 5) is 0. The molecule has 0 aromatic heterocycles. The smallest absolute Gasteiger partial charge is 0.0751 e. The molecule has 0 aliphatic heterocycles. The highest BCUT2D eigenvalue weighted by molar-refractivity contribution is 5.17. The van der Waals surface area contributed by atoms with E-state index in [0.717, 1.165) is 24.8 Å². The van der Waals surface area contributed by atoms with Gasteiger partial charge in [0.1, 0.15) is 0 Å². The van der Waals surface area contributed by atoms with E-state index >= 15 is 0 Å². The number of aliphatic hydroxyl groups excluding tert-OH is 1. The number of allylic oxidation sites excluding steroid dienone is 1. The molecule has 0 spiro atoms. The van der Waals surface area contributed by atoms with Crippen LogP contribution in [0, 0.1) is 23.7 Å². The second kappa shape index (κ2) is 4.40. The Labute approximate surface area is 105 Å². The molecule has 2 heteroatoms. The number of hydrogen-bond acceptors (Lipinski definition) is 2. The number of aliphatic hydroxyl groups is 2. The summed E-state index contributed by atoms with van der Waals surface area (Å²) in [6.07, 6.45) is 4.58. The van der Waals surface area contributed by atoms with E-state index in [1.54, 1.807) is 0 Å². The summed E-state index contributed by atoms with van der Waals surface area (Å²) in [5, 5.41) is 20.5. The zero-order valence-corrected chi connectivity index (χ0v) is 11.5. The van der Waals surface area contributed by atoms with Gasteiger partial charge in [-0.1, -0.05) is 19.9 Å². The molecule has 0 aromatic rings. The molecule has 2 rings (SSSR count). The van der Waals surface area contributed by atoms with Crippen molar-refractivity contribution in [1.29, 1.82) is 0 Å². The Morgan fingerprint density at radius 1 is 1.41 bits per heavy atom. The molecule has 0 aromatic carbocycles. The van der Waals surface area contributed by atoms with Crippen LogP contribution in [0.1, 0.15) is 47.0 Å². The summed E-state index contributed by atoms with van der Waals surface area (Å²) >= 11 is 0. The van der Waals surface area contributed by atoms with Crippen molar-refractivity contribution in [2.24, 2.45) is 23.7 Å². The first-order valence-corrected chi connectivity index (χ1v) is 6.91. The van der Waals surface area contributed by atoms with Crippen LogP contribution < -0.4 is 0 Å². The molecule has 98 valence electrons. The molecule has 0 amide bonds. The highest BCUT2D eigenvalue weighted by Crippen LogP contribution is 2.49. The lowest BCUT2D eigenvalue weighted by Crippen LogP contribution is -2.50. The van der Waals surface area contributed by atoms with Gasteiger partial charge in [-0.15, -0.1) is 0 Å². The molecule has 1 saturated carbocycles. The fraction of sp³-hybridized carbons (Fsp3) is 0.867. The lowest BCUT2D eigenvalue weighted by atomic mass is 9.58. The Hall–Kier alpha value is -0.340. The Kier molecular flexibility index (Phi) is 3.39. The van der Waals surface area contributed by atoms with Gasteiger partial charge >= 0.3 is 0 Å². The van der Waals surface area contributed by atoms with Gasteiger partial charge in [0, 0.05) is 0 Å². The maximum Gasteiger partial charge on any atom is 0.0751 e. The van der Waals surface area contributed by atoms with Crippen molar-refractivity contribution < 1.29 is 10.2 Å². The molecule has 2 aliphatic carbocycles. The minimum absolute atomic E-state index is 0.224. The van der Waals surface area contributed by atoms with Crippen LogP contribution in [-0.2, 0) is 0 Å². The van der Waals surface area contributed by atoms with E-state index in [-0.39, 0.29) is 12.0 Å². The van der Waals surface area contributed by atoms with Crippen LogP contribution in [0.3, 0.4) is 0 Å². The minimum atomic E-state index is -0.603. The van der Waals surface area contributed by atoms with Crippen LogP contribution >= 0.6 is 0 Å². The SMILES string of the molecule is CC1=C[C@@H]2[C@@H](C[C@@H]1O)[C@](C)(O)CC[C@H]2C(C)C. The van der Waals surface area contributed by atoms with Crippen molar-refractivity contribution in [3.63, 3.8) is 0 Å². The molecule has 17 heavy (non-hydrogen) atoms. The van der Waals surface area contributed by atoms with Crippen molar-refractivity contribution in [2.45, 2.75) is 58.7 Å². The number of hydrogen-bond donors (Lipinski definition) is 2. The Bertz CT molecular complexity index is 317. The largest absolute Gasteiger partial charge is 0.390 e. The van der Waals surface area contributed by atoms with E-state index in [4.69, 9.17) is 0 Å².